The molecule has 0 aromatic heterocycles. The molecule has 1 heterocycles. The van der Waals surface area contributed by atoms with Crippen LogP contribution >= 0.6 is 0 Å². The molecule has 0 radical (unpaired) electrons. The van der Waals surface area contributed by atoms with Gasteiger partial charge in [0.1, 0.15) is 12.3 Å². The van der Waals surface area contributed by atoms with E-state index in [0.29, 0.717) is 17.8 Å². The Balaban J connectivity index is 1.48. The van der Waals surface area contributed by atoms with E-state index in [-0.39, 0.29) is 30.7 Å². The largest absolute Gasteiger partial charge is 0.508 e. The van der Waals surface area contributed by atoms with Crippen molar-refractivity contribution in [3.8, 4) is 22.9 Å². The van der Waals surface area contributed by atoms with Crippen molar-refractivity contribution in [1.29, 1.82) is 5.26 Å². The molecule has 36 heavy (non-hydrogen) atoms. The van der Waals surface area contributed by atoms with Gasteiger partial charge in [0, 0.05) is 18.3 Å². The number of benzene rings is 3. The molecule has 2 N–H and O–H groups in total. The fraction of sp³-hybridized carbons (Fsp3) is 0.276. The summed E-state index contributed by atoms with van der Waals surface area (Å²) in [6, 6.07) is 22.3. The van der Waals surface area contributed by atoms with Gasteiger partial charge in [0.25, 0.3) is 0 Å². The lowest BCUT2D eigenvalue weighted by molar-refractivity contribution is -0.136. The molecule has 1 aliphatic rings. The highest BCUT2D eigenvalue weighted by Gasteiger charge is 2.22. The topological polar surface area (TPSA) is 96.7 Å². The zero-order chi connectivity index (χ0) is 25.5. The summed E-state index contributed by atoms with van der Waals surface area (Å²) in [6.45, 7) is 4.12. The quantitative estimate of drug-likeness (QED) is 0.499. The number of carbonyl (C=O) groups is 2. The predicted octanol–water partition coefficient (Wildman–Crippen LogP) is 4.30. The Hall–Kier alpha value is -4.15. The molecule has 0 unspecified atom stereocenters. The zero-order valence-corrected chi connectivity index (χ0v) is 20.4. The molecule has 1 aliphatic heterocycles. The van der Waals surface area contributed by atoms with Gasteiger partial charge in [0.05, 0.1) is 18.2 Å². The van der Waals surface area contributed by atoms with Crippen molar-refractivity contribution >= 4 is 17.5 Å². The third-order valence-electron chi connectivity index (χ3n) is 6.24. The summed E-state index contributed by atoms with van der Waals surface area (Å²) in [5, 5.41) is 21.8. The first kappa shape index (κ1) is 25.0. The second kappa shape index (κ2) is 11.5. The zero-order valence-electron chi connectivity index (χ0n) is 20.4. The van der Waals surface area contributed by atoms with Crippen LogP contribution in [-0.2, 0) is 16.1 Å². The number of rotatable bonds is 8. The second-order valence-corrected chi connectivity index (χ2v) is 9.23. The van der Waals surface area contributed by atoms with E-state index in [1.54, 1.807) is 23.1 Å². The number of hydrogen-bond acceptors (Lipinski definition) is 5. The Morgan fingerprint density at radius 3 is 2.47 bits per heavy atom. The molecule has 1 saturated heterocycles. The lowest BCUT2D eigenvalue weighted by Gasteiger charge is -2.25. The van der Waals surface area contributed by atoms with Crippen molar-refractivity contribution in [2.24, 2.45) is 0 Å². The number of phenols is 1. The van der Waals surface area contributed by atoms with Crippen molar-refractivity contribution in [3.05, 3.63) is 83.4 Å². The number of nitrogens with zero attached hydrogens (tertiary/aromatic N) is 3. The van der Waals surface area contributed by atoms with Gasteiger partial charge in [-0.3, -0.25) is 14.5 Å². The number of amides is 2. The van der Waals surface area contributed by atoms with E-state index in [2.05, 4.69) is 16.3 Å². The van der Waals surface area contributed by atoms with Crippen molar-refractivity contribution in [1.82, 2.24) is 9.80 Å². The van der Waals surface area contributed by atoms with Crippen LogP contribution in [0.25, 0.3) is 11.1 Å². The van der Waals surface area contributed by atoms with E-state index in [4.69, 9.17) is 5.26 Å². The maximum Gasteiger partial charge on any atom is 0.244 e. The monoisotopic (exact) mass is 482 g/mol. The van der Waals surface area contributed by atoms with Gasteiger partial charge in [-0.1, -0.05) is 36.4 Å². The number of likely N-dealkylation sites (tertiary alicyclic amines) is 1. The fourth-order valence-electron chi connectivity index (χ4n) is 4.46. The molecule has 0 spiro atoms. The summed E-state index contributed by atoms with van der Waals surface area (Å²) in [4.78, 5) is 29.7. The molecule has 4 rings (SSSR count). The highest BCUT2D eigenvalue weighted by Crippen LogP contribution is 2.22. The normalized spacial score (nSPS) is 13.2. The molecular formula is C29H30N4O3. The molecular weight excluding hydrogens is 452 g/mol. The highest BCUT2D eigenvalue weighted by molar-refractivity contribution is 5.95. The van der Waals surface area contributed by atoms with Crippen LogP contribution in [0.3, 0.4) is 0 Å². The van der Waals surface area contributed by atoms with E-state index in [1.165, 1.54) is 6.07 Å². The first-order chi connectivity index (χ1) is 17.4. The Bertz CT molecular complexity index is 1250. The summed E-state index contributed by atoms with van der Waals surface area (Å²) in [7, 11) is 0. The van der Waals surface area contributed by atoms with Gasteiger partial charge < -0.3 is 15.3 Å². The molecule has 3 aromatic carbocycles. The second-order valence-electron chi connectivity index (χ2n) is 9.23. The van der Waals surface area contributed by atoms with Crippen molar-refractivity contribution in [2.75, 3.05) is 31.5 Å². The fourth-order valence-corrected chi connectivity index (χ4v) is 4.46. The third kappa shape index (κ3) is 6.71. The first-order valence-electron chi connectivity index (χ1n) is 12.1. The summed E-state index contributed by atoms with van der Waals surface area (Å²) < 4.78 is 0. The number of hydrogen-bond donors (Lipinski definition) is 2. The number of nitriles is 1. The predicted molar refractivity (Wildman–Crippen MR) is 139 cm³/mol. The van der Waals surface area contributed by atoms with Gasteiger partial charge in [0.2, 0.25) is 11.8 Å². The summed E-state index contributed by atoms with van der Waals surface area (Å²) >= 11 is 0. The lowest BCUT2D eigenvalue weighted by Crippen LogP contribution is -2.42. The van der Waals surface area contributed by atoms with E-state index in [9.17, 15) is 14.7 Å². The van der Waals surface area contributed by atoms with Crippen LogP contribution < -0.4 is 5.32 Å². The van der Waals surface area contributed by atoms with Gasteiger partial charge in [-0.25, -0.2) is 0 Å². The van der Waals surface area contributed by atoms with Crippen molar-refractivity contribution in [2.45, 2.75) is 26.3 Å². The average Bonchev–Trinajstić information content (AvgIpc) is 3.36. The van der Waals surface area contributed by atoms with Gasteiger partial charge in [-0.2, -0.15) is 5.26 Å². The number of anilines is 1. The number of carbonyl (C=O) groups excluding carboxylic acids is 2. The molecule has 0 saturated carbocycles. The van der Waals surface area contributed by atoms with E-state index < -0.39 is 0 Å². The molecule has 0 aliphatic carbocycles. The van der Waals surface area contributed by atoms with Crippen LogP contribution in [0.4, 0.5) is 5.69 Å². The molecule has 184 valence electrons. The van der Waals surface area contributed by atoms with E-state index in [1.807, 2.05) is 49.4 Å². The lowest BCUT2D eigenvalue weighted by atomic mass is 10.0. The standard InChI is InChI=1S/C29H30N4O3/c1-21-13-26(16-27(34)14-21)31-28(35)19-33(29(36)20-32-11-2-3-12-32)18-22-7-9-24(10-8-22)25-6-4-5-23(15-25)17-30/h4-10,13-16,34H,2-3,11-12,18-20H2,1H3,(H,31,35). The van der Waals surface area contributed by atoms with Crippen LogP contribution in [0.1, 0.15) is 29.5 Å². The Morgan fingerprint density at radius 2 is 1.78 bits per heavy atom. The number of phenolic OH excluding ortho intramolecular Hbond substituents is 1. The Morgan fingerprint density at radius 1 is 1.03 bits per heavy atom. The van der Waals surface area contributed by atoms with Crippen LogP contribution in [0, 0.1) is 18.3 Å². The van der Waals surface area contributed by atoms with E-state index in [0.717, 1.165) is 48.2 Å². The summed E-state index contributed by atoms with van der Waals surface area (Å²) in [6.07, 6.45) is 2.16. The van der Waals surface area contributed by atoms with Crippen LogP contribution in [0.5, 0.6) is 5.75 Å². The first-order valence-corrected chi connectivity index (χ1v) is 12.1. The number of aryl methyl sites for hydroxylation is 1. The molecule has 0 bridgehead atoms. The van der Waals surface area contributed by atoms with Crippen LogP contribution in [0.2, 0.25) is 0 Å². The molecule has 1 fully saturated rings. The smallest absolute Gasteiger partial charge is 0.244 e. The van der Waals surface area contributed by atoms with Gasteiger partial charge >= 0.3 is 0 Å². The molecule has 7 nitrogen and oxygen atoms in total. The number of nitrogens with one attached hydrogen (secondary N) is 1. The summed E-state index contributed by atoms with van der Waals surface area (Å²) in [5.74, 6) is -0.336. The van der Waals surface area contributed by atoms with Gasteiger partial charge in [0.15, 0.2) is 0 Å². The van der Waals surface area contributed by atoms with Crippen LogP contribution in [-0.4, -0.2) is 52.9 Å². The third-order valence-corrected chi connectivity index (χ3v) is 6.24. The SMILES string of the molecule is Cc1cc(O)cc(NC(=O)CN(Cc2ccc(-c3cccc(C#N)c3)cc2)C(=O)CN2CCCC2)c1. The maximum atomic E-state index is 13.2. The molecule has 0 atom stereocenters. The Labute approximate surface area is 211 Å². The van der Waals surface area contributed by atoms with Crippen molar-refractivity contribution in [3.63, 3.8) is 0 Å². The molecule has 2 amide bonds. The molecule has 7 heteroatoms. The molecule has 3 aromatic rings. The van der Waals surface area contributed by atoms with Gasteiger partial charge in [-0.15, -0.1) is 0 Å². The van der Waals surface area contributed by atoms with E-state index >= 15 is 0 Å². The minimum absolute atomic E-state index is 0.0765. The van der Waals surface area contributed by atoms with Crippen LogP contribution in [0.15, 0.2) is 66.7 Å². The average molecular weight is 483 g/mol. The minimum atomic E-state index is -0.320. The maximum absolute atomic E-state index is 13.2. The summed E-state index contributed by atoms with van der Waals surface area (Å²) in [5.41, 5.74) is 4.75. The highest BCUT2D eigenvalue weighted by atomic mass is 16.3. The number of aromatic hydroxyl groups is 1. The Kier molecular flexibility index (Phi) is 7.99. The van der Waals surface area contributed by atoms with Gasteiger partial charge in [-0.05, 0) is 79.4 Å². The van der Waals surface area contributed by atoms with Crippen molar-refractivity contribution < 1.29 is 14.7 Å². The minimum Gasteiger partial charge on any atom is -0.508 e.